The minimum atomic E-state index is -0.820. The predicted octanol–water partition coefficient (Wildman–Crippen LogP) is 0.860. The second-order valence-corrected chi connectivity index (χ2v) is 5.95. The Labute approximate surface area is 147 Å². The summed E-state index contributed by atoms with van der Waals surface area (Å²) in [6.07, 6.45) is 0.361. The van der Waals surface area contributed by atoms with Gasteiger partial charge in [0.05, 0.1) is 16.6 Å². The number of hydrogen-bond donors (Lipinski definition) is 2. The van der Waals surface area contributed by atoms with Crippen molar-refractivity contribution in [1.82, 2.24) is 14.9 Å². The normalized spacial score (nSPS) is 17.4. The number of benzene rings is 1. The summed E-state index contributed by atoms with van der Waals surface area (Å²) >= 11 is 5.51. The number of nitrogens with zero attached hydrogens (tertiary/aromatic N) is 2. The maximum absolute atomic E-state index is 13.0. The Morgan fingerprint density at radius 1 is 1.40 bits per heavy atom. The maximum atomic E-state index is 13.0. The number of aromatic nitrogens is 2. The third-order valence-electron chi connectivity index (χ3n) is 4.02. The van der Waals surface area contributed by atoms with Crippen LogP contribution in [0.4, 0.5) is 5.69 Å². The molecule has 25 heavy (non-hydrogen) atoms. The van der Waals surface area contributed by atoms with Crippen LogP contribution >= 0.6 is 11.6 Å². The van der Waals surface area contributed by atoms with Crippen LogP contribution < -0.4 is 16.2 Å². The summed E-state index contributed by atoms with van der Waals surface area (Å²) in [6.45, 7) is 1.62. The van der Waals surface area contributed by atoms with E-state index in [1.165, 1.54) is 4.57 Å². The van der Waals surface area contributed by atoms with Crippen LogP contribution in [0.2, 0.25) is 0 Å². The molecule has 2 aromatic rings. The molecule has 0 radical (unpaired) electrons. The van der Waals surface area contributed by atoms with Gasteiger partial charge in [-0.15, -0.1) is 11.6 Å². The summed E-state index contributed by atoms with van der Waals surface area (Å²) in [6, 6.07) is 4.06. The summed E-state index contributed by atoms with van der Waals surface area (Å²) in [4.78, 5) is 52.5. The van der Waals surface area contributed by atoms with Gasteiger partial charge in [0.2, 0.25) is 17.7 Å². The van der Waals surface area contributed by atoms with Gasteiger partial charge in [-0.3, -0.25) is 29.1 Å². The highest BCUT2D eigenvalue weighted by Crippen LogP contribution is 2.23. The number of halogens is 1. The largest absolute Gasteiger partial charge is 0.324 e. The number of amides is 3. The Bertz CT molecular complexity index is 953. The first-order valence-electron chi connectivity index (χ1n) is 7.63. The van der Waals surface area contributed by atoms with Crippen LogP contribution in [0.25, 0.3) is 10.9 Å². The Balaban J connectivity index is 2.19. The molecule has 1 saturated heterocycles. The number of imide groups is 1. The summed E-state index contributed by atoms with van der Waals surface area (Å²) < 4.78 is 1.26. The average molecular weight is 363 g/mol. The van der Waals surface area contributed by atoms with Gasteiger partial charge in [-0.2, -0.15) is 0 Å². The molecule has 0 unspecified atom stereocenters. The third kappa shape index (κ3) is 3.12. The molecule has 1 aliphatic heterocycles. The molecule has 1 atom stereocenters. The Hall–Kier alpha value is -2.74. The monoisotopic (exact) mass is 362 g/mol. The van der Waals surface area contributed by atoms with E-state index in [1.807, 2.05) is 0 Å². The number of piperidine rings is 1. The molecular formula is C16H15ClN4O4. The molecule has 0 spiro atoms. The fourth-order valence-electron chi connectivity index (χ4n) is 2.94. The Morgan fingerprint density at radius 2 is 2.16 bits per heavy atom. The zero-order valence-corrected chi connectivity index (χ0v) is 14.1. The van der Waals surface area contributed by atoms with Gasteiger partial charge in [-0.1, -0.05) is 6.07 Å². The van der Waals surface area contributed by atoms with Gasteiger partial charge in [-0.05, 0) is 25.5 Å². The van der Waals surface area contributed by atoms with Crippen molar-refractivity contribution in [3.8, 4) is 0 Å². The Kier molecular flexibility index (Phi) is 4.54. The van der Waals surface area contributed by atoms with Gasteiger partial charge in [0.1, 0.15) is 17.7 Å². The second-order valence-electron chi connectivity index (χ2n) is 5.68. The van der Waals surface area contributed by atoms with Crippen molar-refractivity contribution in [3.05, 3.63) is 34.4 Å². The molecule has 2 N–H and O–H groups in total. The topological polar surface area (TPSA) is 110 Å². The predicted molar refractivity (Wildman–Crippen MR) is 91.5 cm³/mol. The van der Waals surface area contributed by atoms with E-state index in [1.54, 1.807) is 25.1 Å². The average Bonchev–Trinajstić information content (AvgIpc) is 2.56. The number of carbonyl (C=O) groups is 3. The molecule has 1 aromatic heterocycles. The van der Waals surface area contributed by atoms with Gasteiger partial charge >= 0.3 is 0 Å². The lowest BCUT2D eigenvalue weighted by Gasteiger charge is -2.24. The molecular weight excluding hydrogens is 348 g/mol. The molecule has 8 nitrogen and oxygen atoms in total. The van der Waals surface area contributed by atoms with E-state index >= 15 is 0 Å². The van der Waals surface area contributed by atoms with Crippen LogP contribution in [0.15, 0.2) is 23.0 Å². The molecule has 130 valence electrons. The SMILES string of the molecule is Cc1nc2cccc(NC(=O)CCl)c2c(=O)n1[C@@H]1CCC(=O)NC1=O. The van der Waals surface area contributed by atoms with Crippen molar-refractivity contribution in [1.29, 1.82) is 0 Å². The molecule has 2 heterocycles. The zero-order valence-electron chi connectivity index (χ0n) is 13.3. The molecule has 0 aliphatic carbocycles. The van der Waals surface area contributed by atoms with Crippen molar-refractivity contribution in [3.63, 3.8) is 0 Å². The highest BCUT2D eigenvalue weighted by Gasteiger charge is 2.30. The van der Waals surface area contributed by atoms with E-state index in [-0.39, 0.29) is 35.7 Å². The summed E-state index contributed by atoms with van der Waals surface area (Å²) in [7, 11) is 0. The van der Waals surface area contributed by atoms with E-state index < -0.39 is 23.4 Å². The fraction of sp³-hybridized carbons (Fsp3) is 0.312. The van der Waals surface area contributed by atoms with Crippen molar-refractivity contribution in [2.45, 2.75) is 25.8 Å². The highest BCUT2D eigenvalue weighted by atomic mass is 35.5. The first-order valence-corrected chi connectivity index (χ1v) is 8.17. The third-order valence-corrected chi connectivity index (χ3v) is 4.27. The van der Waals surface area contributed by atoms with E-state index in [0.29, 0.717) is 11.3 Å². The minimum Gasteiger partial charge on any atom is -0.324 e. The molecule has 0 saturated carbocycles. The van der Waals surface area contributed by atoms with Crippen LogP contribution in [-0.4, -0.2) is 33.2 Å². The number of aryl methyl sites for hydroxylation is 1. The van der Waals surface area contributed by atoms with Gasteiger partial charge in [0, 0.05) is 6.42 Å². The lowest BCUT2D eigenvalue weighted by atomic mass is 10.1. The number of rotatable bonds is 3. The van der Waals surface area contributed by atoms with Gasteiger partial charge in [0.15, 0.2) is 0 Å². The van der Waals surface area contributed by atoms with Crippen LogP contribution in [0, 0.1) is 6.92 Å². The number of alkyl halides is 1. The van der Waals surface area contributed by atoms with E-state index in [4.69, 9.17) is 11.6 Å². The number of anilines is 1. The van der Waals surface area contributed by atoms with Gasteiger partial charge < -0.3 is 5.32 Å². The van der Waals surface area contributed by atoms with Crippen LogP contribution in [0.5, 0.6) is 0 Å². The van der Waals surface area contributed by atoms with Crippen molar-refractivity contribution in [2.75, 3.05) is 11.2 Å². The second kappa shape index (κ2) is 6.64. The van der Waals surface area contributed by atoms with Gasteiger partial charge in [0.25, 0.3) is 5.56 Å². The zero-order chi connectivity index (χ0) is 18.1. The Morgan fingerprint density at radius 3 is 2.84 bits per heavy atom. The first-order chi connectivity index (χ1) is 11.9. The fourth-order valence-corrected chi connectivity index (χ4v) is 3.00. The number of fused-ring (bicyclic) bond motifs is 1. The molecule has 1 aliphatic rings. The summed E-state index contributed by atoms with van der Waals surface area (Å²) in [5.41, 5.74) is 0.225. The molecule has 1 aromatic carbocycles. The van der Waals surface area contributed by atoms with E-state index in [0.717, 1.165) is 0 Å². The molecule has 3 rings (SSSR count). The van der Waals surface area contributed by atoms with E-state index in [9.17, 15) is 19.2 Å². The number of hydrogen-bond acceptors (Lipinski definition) is 5. The van der Waals surface area contributed by atoms with Gasteiger partial charge in [-0.25, -0.2) is 4.98 Å². The standard InChI is InChI=1S/C16H15ClN4O4/c1-8-18-9-3-2-4-10(19-13(23)7-17)14(9)16(25)21(8)11-5-6-12(22)20-15(11)24/h2-4,11H,5-7H2,1H3,(H,19,23)(H,20,22,24)/t11-/m1/s1. The minimum absolute atomic E-state index is 0.144. The lowest BCUT2D eigenvalue weighted by molar-refractivity contribution is -0.135. The smallest absolute Gasteiger partial charge is 0.264 e. The van der Waals surface area contributed by atoms with Crippen molar-refractivity contribution in [2.24, 2.45) is 0 Å². The summed E-state index contributed by atoms with van der Waals surface area (Å²) in [5, 5.41) is 4.99. The quantitative estimate of drug-likeness (QED) is 0.621. The molecule has 3 amide bonds. The number of carbonyl (C=O) groups excluding carboxylic acids is 3. The van der Waals surface area contributed by atoms with Crippen molar-refractivity contribution < 1.29 is 14.4 Å². The number of nitrogens with one attached hydrogen (secondary N) is 2. The first kappa shape index (κ1) is 17.1. The lowest BCUT2D eigenvalue weighted by Crippen LogP contribution is -2.45. The van der Waals surface area contributed by atoms with Crippen molar-refractivity contribution >= 4 is 45.9 Å². The molecule has 1 fully saturated rings. The summed E-state index contributed by atoms with van der Waals surface area (Å²) in [5.74, 6) is -1.26. The molecule has 0 bridgehead atoms. The maximum Gasteiger partial charge on any atom is 0.264 e. The molecule has 9 heteroatoms. The van der Waals surface area contributed by atoms with Crippen LogP contribution in [0.3, 0.4) is 0 Å². The van der Waals surface area contributed by atoms with E-state index in [2.05, 4.69) is 15.6 Å². The van der Waals surface area contributed by atoms with Crippen LogP contribution in [-0.2, 0) is 14.4 Å². The van der Waals surface area contributed by atoms with Crippen LogP contribution in [0.1, 0.15) is 24.7 Å². The highest BCUT2D eigenvalue weighted by molar-refractivity contribution is 6.29.